The van der Waals surface area contributed by atoms with E-state index in [0.717, 1.165) is 5.69 Å². The highest BCUT2D eigenvalue weighted by Gasteiger charge is 2.03. The van der Waals surface area contributed by atoms with Crippen molar-refractivity contribution in [2.24, 2.45) is 7.05 Å². The Kier molecular flexibility index (Phi) is 2.87. The summed E-state index contributed by atoms with van der Waals surface area (Å²) in [5, 5.41) is 0.508. The molecular formula is C10H10ClN3O. The van der Waals surface area contributed by atoms with Crippen molar-refractivity contribution in [3.05, 3.63) is 41.6 Å². The first-order valence-corrected chi connectivity index (χ1v) is 4.83. The van der Waals surface area contributed by atoms with Crippen LogP contribution in [0.4, 0.5) is 0 Å². The number of halogens is 1. The van der Waals surface area contributed by atoms with Gasteiger partial charge < -0.3 is 9.30 Å². The molecule has 0 saturated heterocycles. The van der Waals surface area contributed by atoms with E-state index in [1.165, 1.54) is 0 Å². The molecule has 2 rings (SSSR count). The lowest BCUT2D eigenvalue weighted by Gasteiger charge is -2.03. The van der Waals surface area contributed by atoms with Crippen molar-refractivity contribution >= 4 is 11.6 Å². The van der Waals surface area contributed by atoms with E-state index in [-0.39, 0.29) is 0 Å². The molecule has 0 N–H and O–H groups in total. The van der Waals surface area contributed by atoms with E-state index in [2.05, 4.69) is 9.97 Å². The number of imidazole rings is 1. The van der Waals surface area contributed by atoms with Crippen LogP contribution in [0.2, 0.25) is 5.02 Å². The Hall–Kier alpha value is -1.55. The summed E-state index contributed by atoms with van der Waals surface area (Å²) < 4.78 is 7.28. The minimum Gasteiger partial charge on any atom is -0.470 e. The maximum absolute atomic E-state index is 5.88. The van der Waals surface area contributed by atoms with Crippen molar-refractivity contribution in [2.75, 3.05) is 0 Å². The van der Waals surface area contributed by atoms with Crippen LogP contribution in [0, 0.1) is 0 Å². The molecular weight excluding hydrogens is 214 g/mol. The Labute approximate surface area is 92.5 Å². The van der Waals surface area contributed by atoms with Gasteiger partial charge >= 0.3 is 0 Å². The normalized spacial score (nSPS) is 10.3. The molecule has 0 saturated carbocycles. The highest BCUT2D eigenvalue weighted by atomic mass is 35.5. The number of hydrogen-bond donors (Lipinski definition) is 0. The Morgan fingerprint density at radius 1 is 1.47 bits per heavy atom. The standard InChI is InChI=1S/C10H10ClN3O/c1-14-5-8(13-7-14)6-15-10-9(11)3-2-4-12-10/h2-5,7H,6H2,1H3. The minimum absolute atomic E-state index is 0.373. The van der Waals surface area contributed by atoms with E-state index in [1.54, 1.807) is 24.7 Å². The third-order valence-corrected chi connectivity index (χ3v) is 2.13. The molecule has 0 spiro atoms. The number of ether oxygens (including phenoxy) is 1. The summed E-state index contributed by atoms with van der Waals surface area (Å²) in [6.45, 7) is 0.373. The molecule has 5 heteroatoms. The first kappa shape index (κ1) is 9.98. The zero-order valence-electron chi connectivity index (χ0n) is 8.22. The Morgan fingerprint density at radius 3 is 3.00 bits per heavy atom. The van der Waals surface area contributed by atoms with Crippen molar-refractivity contribution in [1.29, 1.82) is 0 Å². The van der Waals surface area contributed by atoms with Crippen LogP contribution in [0.5, 0.6) is 5.88 Å². The third-order valence-electron chi connectivity index (χ3n) is 1.84. The first-order valence-electron chi connectivity index (χ1n) is 4.46. The van der Waals surface area contributed by atoms with Gasteiger partial charge in [-0.05, 0) is 12.1 Å². The van der Waals surface area contributed by atoms with Crippen molar-refractivity contribution in [2.45, 2.75) is 6.61 Å². The molecule has 2 heterocycles. The summed E-state index contributed by atoms with van der Waals surface area (Å²) in [5.41, 5.74) is 0.846. The Morgan fingerprint density at radius 2 is 2.33 bits per heavy atom. The lowest BCUT2D eigenvalue weighted by Crippen LogP contribution is -1.97. The molecule has 0 atom stereocenters. The van der Waals surface area contributed by atoms with Crippen molar-refractivity contribution in [3.63, 3.8) is 0 Å². The van der Waals surface area contributed by atoms with Gasteiger partial charge in [-0.15, -0.1) is 0 Å². The van der Waals surface area contributed by atoms with Gasteiger partial charge in [0.15, 0.2) is 0 Å². The summed E-state index contributed by atoms with van der Waals surface area (Å²) in [7, 11) is 1.91. The zero-order valence-corrected chi connectivity index (χ0v) is 8.98. The molecule has 0 aliphatic rings. The van der Waals surface area contributed by atoms with Crippen molar-refractivity contribution in [3.8, 4) is 5.88 Å². The molecule has 4 nitrogen and oxygen atoms in total. The molecule has 0 amide bonds. The molecule has 2 aromatic heterocycles. The number of aryl methyl sites for hydroxylation is 1. The topological polar surface area (TPSA) is 39.9 Å². The fraction of sp³-hybridized carbons (Fsp3) is 0.200. The third kappa shape index (κ3) is 2.47. The maximum Gasteiger partial charge on any atom is 0.232 e. The van der Waals surface area contributed by atoms with Crippen LogP contribution in [-0.4, -0.2) is 14.5 Å². The van der Waals surface area contributed by atoms with Crippen LogP contribution >= 0.6 is 11.6 Å². The largest absolute Gasteiger partial charge is 0.470 e. The smallest absolute Gasteiger partial charge is 0.232 e. The second-order valence-electron chi connectivity index (χ2n) is 3.11. The van der Waals surface area contributed by atoms with Gasteiger partial charge in [-0.2, -0.15) is 0 Å². The van der Waals surface area contributed by atoms with Crippen LogP contribution < -0.4 is 4.74 Å². The predicted molar refractivity (Wildman–Crippen MR) is 56.8 cm³/mol. The van der Waals surface area contributed by atoms with E-state index >= 15 is 0 Å². The van der Waals surface area contributed by atoms with Gasteiger partial charge in [0.05, 0.1) is 12.0 Å². The van der Waals surface area contributed by atoms with E-state index < -0.39 is 0 Å². The maximum atomic E-state index is 5.88. The fourth-order valence-corrected chi connectivity index (χ4v) is 1.34. The average Bonchev–Trinajstić information content (AvgIpc) is 2.63. The Balaban J connectivity index is 2.02. The van der Waals surface area contributed by atoms with Gasteiger partial charge in [0, 0.05) is 19.4 Å². The monoisotopic (exact) mass is 223 g/mol. The van der Waals surface area contributed by atoms with Gasteiger partial charge in [-0.25, -0.2) is 9.97 Å². The van der Waals surface area contributed by atoms with Gasteiger partial charge in [-0.1, -0.05) is 11.6 Å². The lowest BCUT2D eigenvalue weighted by molar-refractivity contribution is 0.290. The molecule has 0 bridgehead atoms. The highest BCUT2D eigenvalue weighted by Crippen LogP contribution is 2.20. The number of nitrogens with zero attached hydrogens (tertiary/aromatic N) is 3. The second kappa shape index (κ2) is 4.31. The number of pyridine rings is 1. The summed E-state index contributed by atoms with van der Waals surface area (Å²) in [6.07, 6.45) is 5.25. The van der Waals surface area contributed by atoms with E-state index in [0.29, 0.717) is 17.5 Å². The molecule has 15 heavy (non-hydrogen) atoms. The minimum atomic E-state index is 0.373. The molecule has 0 aliphatic heterocycles. The van der Waals surface area contributed by atoms with Crippen LogP contribution in [0.3, 0.4) is 0 Å². The van der Waals surface area contributed by atoms with E-state index in [9.17, 15) is 0 Å². The molecule has 0 fully saturated rings. The predicted octanol–water partition coefficient (Wildman–Crippen LogP) is 2.05. The summed E-state index contributed by atoms with van der Waals surface area (Å²) >= 11 is 5.88. The SMILES string of the molecule is Cn1cnc(COc2ncccc2Cl)c1. The van der Waals surface area contributed by atoms with E-state index in [1.807, 2.05) is 17.8 Å². The number of rotatable bonds is 3. The van der Waals surface area contributed by atoms with Crippen molar-refractivity contribution in [1.82, 2.24) is 14.5 Å². The number of hydrogen-bond acceptors (Lipinski definition) is 3. The molecule has 78 valence electrons. The number of aromatic nitrogens is 3. The second-order valence-corrected chi connectivity index (χ2v) is 3.52. The molecule has 0 unspecified atom stereocenters. The summed E-state index contributed by atoms with van der Waals surface area (Å²) in [4.78, 5) is 8.14. The van der Waals surface area contributed by atoms with Gasteiger partial charge in [0.2, 0.25) is 5.88 Å². The van der Waals surface area contributed by atoms with Crippen LogP contribution in [0.15, 0.2) is 30.9 Å². The van der Waals surface area contributed by atoms with Crippen LogP contribution in [-0.2, 0) is 13.7 Å². The van der Waals surface area contributed by atoms with Crippen LogP contribution in [0.25, 0.3) is 0 Å². The van der Waals surface area contributed by atoms with Gasteiger partial charge in [0.1, 0.15) is 11.6 Å². The van der Waals surface area contributed by atoms with E-state index in [4.69, 9.17) is 16.3 Å². The molecule has 0 radical (unpaired) electrons. The van der Waals surface area contributed by atoms with Crippen molar-refractivity contribution < 1.29 is 4.74 Å². The first-order chi connectivity index (χ1) is 7.25. The van der Waals surface area contributed by atoms with Gasteiger partial charge in [-0.3, -0.25) is 0 Å². The zero-order chi connectivity index (χ0) is 10.7. The fourth-order valence-electron chi connectivity index (χ4n) is 1.16. The summed E-state index contributed by atoms with van der Waals surface area (Å²) in [6, 6.07) is 3.50. The molecule has 2 aromatic rings. The lowest BCUT2D eigenvalue weighted by atomic mass is 10.5. The average molecular weight is 224 g/mol. The Bertz CT molecular complexity index is 455. The summed E-state index contributed by atoms with van der Waals surface area (Å²) in [5.74, 6) is 0.435. The molecule has 0 aliphatic carbocycles. The highest BCUT2D eigenvalue weighted by molar-refractivity contribution is 6.31. The quantitative estimate of drug-likeness (QED) is 0.800. The van der Waals surface area contributed by atoms with Gasteiger partial charge in [0.25, 0.3) is 0 Å². The van der Waals surface area contributed by atoms with Crippen LogP contribution in [0.1, 0.15) is 5.69 Å². The molecule has 0 aromatic carbocycles.